The zero-order valence-corrected chi connectivity index (χ0v) is 22.8. The van der Waals surface area contributed by atoms with Crippen LogP contribution in [0.1, 0.15) is 26.3 Å². The van der Waals surface area contributed by atoms with Gasteiger partial charge >= 0.3 is 5.97 Å². The van der Waals surface area contributed by atoms with E-state index in [1.54, 1.807) is 36.5 Å². The monoisotopic (exact) mass is 585 g/mol. The van der Waals surface area contributed by atoms with Gasteiger partial charge in [-0.25, -0.2) is 14.8 Å². The summed E-state index contributed by atoms with van der Waals surface area (Å²) in [4.78, 5) is 35.3. The first-order valence-corrected chi connectivity index (χ1v) is 12.8. The van der Waals surface area contributed by atoms with Crippen LogP contribution in [0.25, 0.3) is 33.3 Å². The average Bonchev–Trinajstić information content (AvgIpc) is 2.93. The standard InChI is InChI=1S/C30H21BrClN3O3/c1-17-26(23-16-20(31)11-13-25(23)34-27(17)18-7-4-3-5-8-18)29(36)35-24-12-10-19(30(37)38-2)15-22(24)21-9-6-14-33-28(21)32/h3-16H,1-2H3,(H,35,36). The second kappa shape index (κ2) is 10.7. The number of anilines is 1. The van der Waals surface area contributed by atoms with Gasteiger partial charge in [-0.2, -0.15) is 0 Å². The van der Waals surface area contributed by atoms with E-state index in [1.807, 2.05) is 55.5 Å². The first kappa shape index (κ1) is 25.6. The summed E-state index contributed by atoms with van der Waals surface area (Å²) in [5.41, 5.74) is 5.47. The van der Waals surface area contributed by atoms with Crippen molar-refractivity contribution in [2.45, 2.75) is 6.92 Å². The fourth-order valence-corrected chi connectivity index (χ4v) is 4.98. The molecule has 0 aliphatic carbocycles. The molecule has 0 unspecified atom stereocenters. The molecule has 0 saturated carbocycles. The highest BCUT2D eigenvalue weighted by Gasteiger charge is 2.22. The van der Waals surface area contributed by atoms with Gasteiger partial charge in [0, 0.05) is 38.4 Å². The Morgan fingerprint density at radius 3 is 2.47 bits per heavy atom. The van der Waals surface area contributed by atoms with Crippen LogP contribution in [0, 0.1) is 6.92 Å². The van der Waals surface area contributed by atoms with Gasteiger partial charge in [0.2, 0.25) is 0 Å². The van der Waals surface area contributed by atoms with E-state index in [9.17, 15) is 9.59 Å². The van der Waals surface area contributed by atoms with Crippen LogP contribution in [0.2, 0.25) is 5.15 Å². The summed E-state index contributed by atoms with van der Waals surface area (Å²) < 4.78 is 5.72. The van der Waals surface area contributed by atoms with E-state index in [4.69, 9.17) is 21.3 Å². The van der Waals surface area contributed by atoms with Crippen LogP contribution in [0.5, 0.6) is 0 Å². The number of esters is 1. The fourth-order valence-electron chi connectivity index (χ4n) is 4.39. The van der Waals surface area contributed by atoms with Crippen molar-refractivity contribution >= 4 is 56.0 Å². The highest BCUT2D eigenvalue weighted by molar-refractivity contribution is 9.10. The van der Waals surface area contributed by atoms with Gasteiger partial charge in [0.1, 0.15) is 5.15 Å². The summed E-state index contributed by atoms with van der Waals surface area (Å²) in [6.07, 6.45) is 1.57. The molecule has 1 amide bonds. The molecule has 188 valence electrons. The largest absolute Gasteiger partial charge is 0.465 e. The Labute approximate surface area is 232 Å². The lowest BCUT2D eigenvalue weighted by atomic mass is 9.96. The van der Waals surface area contributed by atoms with Gasteiger partial charge < -0.3 is 10.1 Å². The average molecular weight is 587 g/mol. The molecule has 8 heteroatoms. The highest BCUT2D eigenvalue weighted by atomic mass is 79.9. The minimum absolute atomic E-state index is 0.242. The van der Waals surface area contributed by atoms with Crippen molar-refractivity contribution in [3.63, 3.8) is 0 Å². The molecule has 2 aromatic heterocycles. The van der Waals surface area contributed by atoms with Crippen LogP contribution >= 0.6 is 27.5 Å². The summed E-state index contributed by atoms with van der Waals surface area (Å²) in [5, 5.41) is 4.00. The smallest absolute Gasteiger partial charge is 0.337 e. The molecular formula is C30H21BrClN3O3. The number of pyridine rings is 2. The molecule has 0 aliphatic heterocycles. The third kappa shape index (κ3) is 4.90. The van der Waals surface area contributed by atoms with E-state index in [1.165, 1.54) is 7.11 Å². The number of amides is 1. The van der Waals surface area contributed by atoms with E-state index in [0.717, 1.165) is 21.3 Å². The molecular weight excluding hydrogens is 566 g/mol. The van der Waals surface area contributed by atoms with E-state index >= 15 is 0 Å². The zero-order valence-electron chi connectivity index (χ0n) is 20.5. The Morgan fingerprint density at radius 2 is 1.74 bits per heavy atom. The lowest BCUT2D eigenvalue weighted by Crippen LogP contribution is -2.16. The van der Waals surface area contributed by atoms with Crippen LogP contribution in [0.15, 0.2) is 89.5 Å². The van der Waals surface area contributed by atoms with Crippen LogP contribution in [0.4, 0.5) is 5.69 Å². The van der Waals surface area contributed by atoms with Crippen molar-refractivity contribution in [2.75, 3.05) is 12.4 Å². The maximum atomic E-state index is 14.0. The molecule has 6 nitrogen and oxygen atoms in total. The molecule has 38 heavy (non-hydrogen) atoms. The Morgan fingerprint density at radius 1 is 0.947 bits per heavy atom. The SMILES string of the molecule is COC(=O)c1ccc(NC(=O)c2c(C)c(-c3ccccc3)nc3ccc(Br)cc23)c(-c2cccnc2Cl)c1. The van der Waals surface area contributed by atoms with Gasteiger partial charge in [-0.3, -0.25) is 4.79 Å². The van der Waals surface area contributed by atoms with Crippen LogP contribution in [-0.2, 0) is 4.74 Å². The molecule has 0 spiro atoms. The van der Waals surface area contributed by atoms with Crippen molar-refractivity contribution < 1.29 is 14.3 Å². The predicted octanol–water partition coefficient (Wildman–Crippen LogP) is 7.73. The number of fused-ring (bicyclic) bond motifs is 1. The Balaban J connectivity index is 1.67. The van der Waals surface area contributed by atoms with E-state index in [2.05, 4.69) is 26.2 Å². The second-order valence-electron chi connectivity index (χ2n) is 8.54. The number of hydrogen-bond acceptors (Lipinski definition) is 5. The van der Waals surface area contributed by atoms with Crippen molar-refractivity contribution in [1.29, 1.82) is 0 Å². The summed E-state index contributed by atoms with van der Waals surface area (Å²) in [6.45, 7) is 1.89. The maximum absolute atomic E-state index is 14.0. The summed E-state index contributed by atoms with van der Waals surface area (Å²) >= 11 is 9.93. The number of aromatic nitrogens is 2. The van der Waals surface area contributed by atoms with Crippen molar-refractivity contribution in [3.8, 4) is 22.4 Å². The second-order valence-corrected chi connectivity index (χ2v) is 9.81. The molecule has 3 aromatic carbocycles. The van der Waals surface area contributed by atoms with E-state index in [-0.39, 0.29) is 11.1 Å². The summed E-state index contributed by atoms with van der Waals surface area (Å²) in [7, 11) is 1.31. The minimum atomic E-state index is -0.502. The molecule has 0 bridgehead atoms. The number of hydrogen-bond donors (Lipinski definition) is 1. The Kier molecular flexibility index (Phi) is 7.22. The van der Waals surface area contributed by atoms with E-state index in [0.29, 0.717) is 38.8 Å². The normalized spacial score (nSPS) is 10.8. The van der Waals surface area contributed by atoms with E-state index < -0.39 is 5.97 Å². The third-order valence-electron chi connectivity index (χ3n) is 6.20. The Hall–Kier alpha value is -4.07. The lowest BCUT2D eigenvalue weighted by molar-refractivity contribution is 0.0600. The quantitative estimate of drug-likeness (QED) is 0.168. The first-order chi connectivity index (χ1) is 18.4. The number of carbonyl (C=O) groups is 2. The Bertz CT molecular complexity index is 1710. The van der Waals surface area contributed by atoms with Crippen LogP contribution < -0.4 is 5.32 Å². The molecule has 5 aromatic rings. The molecule has 1 N–H and O–H groups in total. The maximum Gasteiger partial charge on any atom is 0.337 e. The lowest BCUT2D eigenvalue weighted by Gasteiger charge is -2.17. The third-order valence-corrected chi connectivity index (χ3v) is 7.00. The summed E-state index contributed by atoms with van der Waals surface area (Å²) in [6, 6.07) is 23.8. The van der Waals surface area contributed by atoms with Crippen molar-refractivity contribution in [1.82, 2.24) is 9.97 Å². The van der Waals surface area contributed by atoms with Gasteiger partial charge in [-0.05, 0) is 61.0 Å². The van der Waals surface area contributed by atoms with Crippen LogP contribution in [0.3, 0.4) is 0 Å². The molecule has 0 saturated heterocycles. The predicted molar refractivity (Wildman–Crippen MR) is 154 cm³/mol. The number of rotatable bonds is 5. The molecule has 0 atom stereocenters. The van der Waals surface area contributed by atoms with Crippen molar-refractivity contribution in [2.24, 2.45) is 0 Å². The highest BCUT2D eigenvalue weighted by Crippen LogP contribution is 2.36. The molecule has 0 radical (unpaired) electrons. The van der Waals surface area contributed by atoms with Crippen molar-refractivity contribution in [3.05, 3.63) is 111 Å². The number of carbonyl (C=O) groups excluding carboxylic acids is 2. The molecule has 0 aliphatic rings. The number of halogens is 2. The topological polar surface area (TPSA) is 81.2 Å². The zero-order chi connectivity index (χ0) is 26.8. The number of nitrogens with one attached hydrogen (secondary N) is 1. The molecule has 2 heterocycles. The number of nitrogens with zero attached hydrogens (tertiary/aromatic N) is 2. The van der Waals surface area contributed by atoms with Gasteiger partial charge in [0.05, 0.1) is 29.4 Å². The minimum Gasteiger partial charge on any atom is -0.465 e. The van der Waals surface area contributed by atoms with Gasteiger partial charge in [0.15, 0.2) is 0 Å². The van der Waals surface area contributed by atoms with Crippen LogP contribution in [-0.4, -0.2) is 29.0 Å². The first-order valence-electron chi connectivity index (χ1n) is 11.7. The number of ether oxygens (including phenoxy) is 1. The van der Waals surface area contributed by atoms with Gasteiger partial charge in [0.25, 0.3) is 5.91 Å². The van der Waals surface area contributed by atoms with Gasteiger partial charge in [-0.1, -0.05) is 57.9 Å². The molecule has 5 rings (SSSR count). The summed E-state index contributed by atoms with van der Waals surface area (Å²) in [5.74, 6) is -0.824. The van der Waals surface area contributed by atoms with Gasteiger partial charge in [-0.15, -0.1) is 0 Å². The number of benzene rings is 3. The number of methoxy groups -OCH3 is 1. The molecule has 0 fully saturated rings. The fraction of sp³-hybridized carbons (Fsp3) is 0.0667.